The van der Waals surface area contributed by atoms with Crippen LogP contribution >= 0.6 is 0 Å². The standard InChI is InChI=1S/C23H44N6O9/c1-23(34)9-35-22(16(32)19(23)28-2)38-18-13(29-20(33)14(30)5-6-24)7-12(27)17(15(18)31)37-21-11(26)4-3-10(8-25)36-21/h3,11-19,21-22,28,30-32,34H,4-9,24-27H2,1-2H3,(H,29,33). The molecule has 0 aromatic heterocycles. The number of likely N-dealkylation sites (N-methyl/N-ethyl adjacent to an activating group) is 1. The lowest BCUT2D eigenvalue weighted by atomic mass is 9.83. The number of hydrogen-bond donors (Lipinski definition) is 10. The molecule has 12 unspecified atom stereocenters. The second-order valence-electron chi connectivity index (χ2n) is 10.4. The van der Waals surface area contributed by atoms with E-state index in [1.807, 2.05) is 0 Å². The molecule has 1 saturated carbocycles. The van der Waals surface area contributed by atoms with Gasteiger partial charge in [0, 0.05) is 6.04 Å². The van der Waals surface area contributed by atoms with Gasteiger partial charge in [0.2, 0.25) is 12.2 Å². The lowest BCUT2D eigenvalue weighted by Gasteiger charge is -2.48. The van der Waals surface area contributed by atoms with Crippen LogP contribution in [0.25, 0.3) is 0 Å². The quantitative estimate of drug-likeness (QED) is 0.123. The largest absolute Gasteiger partial charge is 0.467 e. The molecule has 12 atom stereocenters. The Labute approximate surface area is 221 Å². The summed E-state index contributed by atoms with van der Waals surface area (Å²) in [6.07, 6.45) is -6.30. The molecule has 14 N–H and O–H groups in total. The van der Waals surface area contributed by atoms with Gasteiger partial charge in [0.25, 0.3) is 0 Å². The summed E-state index contributed by atoms with van der Waals surface area (Å²) in [7, 11) is 1.57. The van der Waals surface area contributed by atoms with Crippen molar-refractivity contribution in [1.82, 2.24) is 10.6 Å². The van der Waals surface area contributed by atoms with Crippen LogP contribution in [0.3, 0.4) is 0 Å². The molecule has 2 fully saturated rings. The Balaban J connectivity index is 1.82. The van der Waals surface area contributed by atoms with Crippen LogP contribution in [0.5, 0.6) is 0 Å². The van der Waals surface area contributed by atoms with Crippen molar-refractivity contribution < 1.29 is 44.2 Å². The van der Waals surface area contributed by atoms with Crippen LogP contribution in [0, 0.1) is 0 Å². The highest BCUT2D eigenvalue weighted by Crippen LogP contribution is 2.32. The maximum Gasteiger partial charge on any atom is 0.249 e. The van der Waals surface area contributed by atoms with Crippen LogP contribution in [-0.2, 0) is 23.7 Å². The van der Waals surface area contributed by atoms with E-state index in [0.717, 1.165) is 0 Å². The first-order valence-electron chi connectivity index (χ1n) is 12.9. The van der Waals surface area contributed by atoms with E-state index in [1.165, 1.54) is 6.92 Å². The first kappa shape index (κ1) is 31.1. The van der Waals surface area contributed by atoms with E-state index in [-0.39, 0.29) is 32.5 Å². The van der Waals surface area contributed by atoms with Crippen molar-refractivity contribution in [3.8, 4) is 0 Å². The highest BCUT2D eigenvalue weighted by atomic mass is 16.7. The van der Waals surface area contributed by atoms with E-state index in [9.17, 15) is 25.2 Å². The molecule has 3 aliphatic rings. The second kappa shape index (κ2) is 13.3. The number of carbonyl (C=O) groups is 1. The first-order chi connectivity index (χ1) is 17.9. The molecule has 0 aromatic rings. The Morgan fingerprint density at radius 3 is 2.50 bits per heavy atom. The average molecular weight is 549 g/mol. The van der Waals surface area contributed by atoms with Gasteiger partial charge in [-0.25, -0.2) is 0 Å². The Kier molecular flexibility index (Phi) is 10.8. The molecular formula is C23H44N6O9. The lowest BCUT2D eigenvalue weighted by molar-refractivity contribution is -0.304. The molecule has 0 bridgehead atoms. The third-order valence-corrected chi connectivity index (χ3v) is 7.25. The number of rotatable bonds is 10. The molecule has 2 heterocycles. The van der Waals surface area contributed by atoms with E-state index in [2.05, 4.69) is 10.6 Å². The van der Waals surface area contributed by atoms with E-state index in [4.69, 9.17) is 41.9 Å². The molecule has 0 aromatic carbocycles. The van der Waals surface area contributed by atoms with Crippen molar-refractivity contribution >= 4 is 5.91 Å². The fourth-order valence-corrected chi connectivity index (χ4v) is 5.10. The molecule has 38 heavy (non-hydrogen) atoms. The zero-order valence-corrected chi connectivity index (χ0v) is 21.8. The molecule has 1 saturated heterocycles. The predicted octanol–water partition coefficient (Wildman–Crippen LogP) is -4.98. The van der Waals surface area contributed by atoms with Gasteiger partial charge >= 0.3 is 0 Å². The number of ether oxygens (including phenoxy) is 4. The smallest absolute Gasteiger partial charge is 0.249 e. The monoisotopic (exact) mass is 548 g/mol. The van der Waals surface area contributed by atoms with Crippen LogP contribution in [0.1, 0.15) is 26.2 Å². The average Bonchev–Trinajstić information content (AvgIpc) is 2.86. The number of carbonyl (C=O) groups excluding carboxylic acids is 1. The molecular weight excluding hydrogens is 504 g/mol. The Hall–Kier alpha value is -1.47. The lowest BCUT2D eigenvalue weighted by Crippen LogP contribution is -2.69. The van der Waals surface area contributed by atoms with E-state index >= 15 is 0 Å². The van der Waals surface area contributed by atoms with Crippen LogP contribution in [-0.4, -0.2) is 126 Å². The van der Waals surface area contributed by atoms with Crippen molar-refractivity contribution in [1.29, 1.82) is 0 Å². The van der Waals surface area contributed by atoms with E-state index in [1.54, 1.807) is 13.1 Å². The number of nitrogens with one attached hydrogen (secondary N) is 2. The summed E-state index contributed by atoms with van der Waals surface area (Å²) in [5, 5.41) is 48.5. The number of aliphatic hydroxyl groups is 4. The molecule has 3 rings (SSSR count). The Bertz CT molecular complexity index is 820. The minimum Gasteiger partial charge on any atom is -0.467 e. The van der Waals surface area contributed by atoms with Crippen molar-refractivity contribution in [3.63, 3.8) is 0 Å². The van der Waals surface area contributed by atoms with Gasteiger partial charge in [0.05, 0.1) is 31.3 Å². The van der Waals surface area contributed by atoms with Gasteiger partial charge in [-0.3, -0.25) is 4.79 Å². The van der Waals surface area contributed by atoms with E-state index < -0.39 is 78.8 Å². The highest BCUT2D eigenvalue weighted by Gasteiger charge is 2.51. The topological polar surface area (TPSA) is 263 Å². The summed E-state index contributed by atoms with van der Waals surface area (Å²) in [5.41, 5.74) is 22.3. The minimum atomic E-state index is -1.44. The van der Waals surface area contributed by atoms with Crippen LogP contribution < -0.4 is 33.6 Å². The number of hydrogen-bond acceptors (Lipinski definition) is 14. The fourth-order valence-electron chi connectivity index (χ4n) is 5.10. The van der Waals surface area contributed by atoms with Gasteiger partial charge < -0.3 is 72.9 Å². The van der Waals surface area contributed by atoms with E-state index in [0.29, 0.717) is 12.2 Å². The first-order valence-corrected chi connectivity index (χ1v) is 12.9. The highest BCUT2D eigenvalue weighted by molar-refractivity contribution is 5.80. The molecule has 1 aliphatic carbocycles. The van der Waals surface area contributed by atoms with Crippen molar-refractivity contribution in [3.05, 3.63) is 11.8 Å². The third-order valence-electron chi connectivity index (χ3n) is 7.25. The molecule has 0 radical (unpaired) electrons. The zero-order valence-electron chi connectivity index (χ0n) is 21.8. The van der Waals surface area contributed by atoms with Gasteiger partial charge in [-0.1, -0.05) is 0 Å². The Morgan fingerprint density at radius 1 is 1.18 bits per heavy atom. The SMILES string of the molecule is CNC1C(O)C(OC2C(NC(=O)C(O)CCN)CC(N)C(OC3OC(CN)=CCC3N)C2O)OCC1(C)O. The molecule has 15 heteroatoms. The normalized spacial score (nSPS) is 42.6. The maximum absolute atomic E-state index is 12.6. The summed E-state index contributed by atoms with van der Waals surface area (Å²) in [5.74, 6) is -0.226. The molecule has 1 amide bonds. The predicted molar refractivity (Wildman–Crippen MR) is 134 cm³/mol. The van der Waals surface area contributed by atoms with Gasteiger partial charge in [0.1, 0.15) is 41.9 Å². The second-order valence-corrected chi connectivity index (χ2v) is 10.4. The maximum atomic E-state index is 12.6. The van der Waals surface area contributed by atoms with Crippen molar-refractivity contribution in [2.45, 2.75) is 99.1 Å². The summed E-state index contributed by atoms with van der Waals surface area (Å²) in [6.45, 7) is 1.56. The molecule has 15 nitrogen and oxygen atoms in total. The van der Waals surface area contributed by atoms with Crippen molar-refractivity contribution in [2.24, 2.45) is 22.9 Å². The number of aliphatic hydroxyl groups excluding tert-OH is 3. The van der Waals surface area contributed by atoms with Gasteiger partial charge in [0.15, 0.2) is 6.29 Å². The van der Waals surface area contributed by atoms with Gasteiger partial charge in [-0.15, -0.1) is 0 Å². The van der Waals surface area contributed by atoms with Gasteiger partial charge in [-0.2, -0.15) is 0 Å². The van der Waals surface area contributed by atoms with Crippen LogP contribution in [0.2, 0.25) is 0 Å². The third kappa shape index (κ3) is 6.99. The molecule has 220 valence electrons. The summed E-state index contributed by atoms with van der Waals surface area (Å²) < 4.78 is 23.4. The van der Waals surface area contributed by atoms with Crippen molar-refractivity contribution in [2.75, 3.05) is 26.7 Å². The fraction of sp³-hybridized carbons (Fsp3) is 0.870. The van der Waals surface area contributed by atoms with Crippen LogP contribution in [0.15, 0.2) is 11.8 Å². The summed E-state index contributed by atoms with van der Waals surface area (Å²) >= 11 is 0. The number of nitrogens with two attached hydrogens (primary N) is 4. The van der Waals surface area contributed by atoms with Crippen LogP contribution in [0.4, 0.5) is 0 Å². The summed E-state index contributed by atoms with van der Waals surface area (Å²) in [6, 6.07) is -3.06. The number of amides is 1. The summed E-state index contributed by atoms with van der Waals surface area (Å²) in [4.78, 5) is 12.6. The zero-order chi connectivity index (χ0) is 28.2. The van der Waals surface area contributed by atoms with Gasteiger partial charge in [-0.05, 0) is 45.9 Å². The Morgan fingerprint density at radius 2 is 1.87 bits per heavy atom. The molecule has 2 aliphatic heterocycles. The molecule has 0 spiro atoms. The minimum absolute atomic E-state index is 0.0295.